The number of halogens is 1. The van der Waals surface area contributed by atoms with Crippen molar-refractivity contribution in [2.75, 3.05) is 18.4 Å². The minimum Gasteiger partial charge on any atom is -0.360 e. The molecular weight excluding hydrogens is 409 g/mol. The molecule has 0 aliphatic rings. The average Bonchev–Trinajstić information content (AvgIpc) is 2.94. The first kappa shape index (κ1) is 15.2. The molecule has 3 rings (SSSR count). The van der Waals surface area contributed by atoms with Gasteiger partial charge in [0.05, 0.1) is 15.8 Å². The van der Waals surface area contributed by atoms with Crippen LogP contribution < -0.4 is 10.6 Å². The summed E-state index contributed by atoms with van der Waals surface area (Å²) in [6.07, 6.45) is 0. The Balaban J connectivity index is 1.51. The second-order valence-corrected chi connectivity index (χ2v) is 6.84. The van der Waals surface area contributed by atoms with E-state index in [0.29, 0.717) is 18.7 Å². The maximum Gasteiger partial charge on any atom is 0.252 e. The fraction of sp³-hybridized carbons (Fsp3) is 0.125. The number of carbonyl (C=O) groups excluding carboxylic acids is 1. The maximum atomic E-state index is 12.1. The van der Waals surface area contributed by atoms with Crippen molar-refractivity contribution in [2.45, 2.75) is 0 Å². The number of hydrogen-bond acceptors (Lipinski definition) is 4. The third-order valence-electron chi connectivity index (χ3n) is 3.10. The number of hydrogen-bond donors (Lipinski definition) is 2. The van der Waals surface area contributed by atoms with Crippen molar-refractivity contribution in [3.05, 3.63) is 57.7 Å². The van der Waals surface area contributed by atoms with E-state index in [-0.39, 0.29) is 5.91 Å². The highest BCUT2D eigenvalue weighted by molar-refractivity contribution is 14.1. The molecule has 1 amide bonds. The monoisotopic (exact) mass is 423 g/mol. The summed E-state index contributed by atoms with van der Waals surface area (Å²) >= 11 is 3.79. The number of amides is 1. The van der Waals surface area contributed by atoms with Gasteiger partial charge >= 0.3 is 0 Å². The van der Waals surface area contributed by atoms with Crippen molar-refractivity contribution in [1.29, 1.82) is 0 Å². The number of rotatable bonds is 5. The lowest BCUT2D eigenvalue weighted by Crippen LogP contribution is -2.29. The molecule has 2 N–H and O–H groups in total. The van der Waals surface area contributed by atoms with Crippen LogP contribution in [0.4, 0.5) is 5.13 Å². The van der Waals surface area contributed by atoms with Gasteiger partial charge in [0.15, 0.2) is 5.13 Å². The van der Waals surface area contributed by atoms with Crippen LogP contribution in [0, 0.1) is 3.57 Å². The minimum atomic E-state index is -0.0453. The molecule has 3 aromatic rings. The summed E-state index contributed by atoms with van der Waals surface area (Å²) in [7, 11) is 0. The number of nitrogens with one attached hydrogen (secondary N) is 2. The highest BCUT2D eigenvalue weighted by Gasteiger charge is 2.08. The molecule has 6 heteroatoms. The molecule has 0 aliphatic carbocycles. The third kappa shape index (κ3) is 3.56. The molecule has 0 bridgehead atoms. The number of carbonyl (C=O) groups is 1. The lowest BCUT2D eigenvalue weighted by atomic mass is 10.2. The van der Waals surface area contributed by atoms with Crippen LogP contribution in [-0.4, -0.2) is 24.0 Å². The van der Waals surface area contributed by atoms with E-state index in [4.69, 9.17) is 0 Å². The summed E-state index contributed by atoms with van der Waals surface area (Å²) in [6, 6.07) is 15.6. The van der Waals surface area contributed by atoms with E-state index in [1.165, 1.54) is 0 Å². The van der Waals surface area contributed by atoms with Crippen LogP contribution in [0.2, 0.25) is 0 Å². The van der Waals surface area contributed by atoms with Crippen LogP contribution >= 0.6 is 33.9 Å². The zero-order valence-electron chi connectivity index (χ0n) is 11.7. The van der Waals surface area contributed by atoms with E-state index in [1.807, 2.05) is 42.5 Å². The second-order valence-electron chi connectivity index (χ2n) is 4.65. The first-order chi connectivity index (χ1) is 10.7. The van der Waals surface area contributed by atoms with Crippen molar-refractivity contribution in [3.63, 3.8) is 0 Å². The number of thiazole rings is 1. The van der Waals surface area contributed by atoms with Crippen LogP contribution in [0.1, 0.15) is 10.4 Å². The Morgan fingerprint density at radius 3 is 2.68 bits per heavy atom. The molecular formula is C16H14IN3OS. The maximum absolute atomic E-state index is 12.1. The summed E-state index contributed by atoms with van der Waals surface area (Å²) in [4.78, 5) is 16.6. The van der Waals surface area contributed by atoms with Gasteiger partial charge in [-0.1, -0.05) is 35.6 Å². The molecule has 0 saturated carbocycles. The largest absolute Gasteiger partial charge is 0.360 e. The Labute approximate surface area is 146 Å². The molecule has 112 valence electrons. The molecule has 0 fully saturated rings. The van der Waals surface area contributed by atoms with Crippen molar-refractivity contribution >= 4 is 55.2 Å². The number of anilines is 1. The zero-order chi connectivity index (χ0) is 15.4. The van der Waals surface area contributed by atoms with Gasteiger partial charge in [0.2, 0.25) is 0 Å². The van der Waals surface area contributed by atoms with E-state index in [9.17, 15) is 4.79 Å². The number of fused-ring (bicyclic) bond motifs is 1. The van der Waals surface area contributed by atoms with E-state index in [1.54, 1.807) is 11.3 Å². The van der Waals surface area contributed by atoms with Gasteiger partial charge in [-0.3, -0.25) is 4.79 Å². The second kappa shape index (κ2) is 7.06. The van der Waals surface area contributed by atoms with Gasteiger partial charge in [0.1, 0.15) is 0 Å². The summed E-state index contributed by atoms with van der Waals surface area (Å²) in [6.45, 7) is 1.20. The Hall–Kier alpha value is -1.67. The predicted molar refractivity (Wildman–Crippen MR) is 99.6 cm³/mol. The van der Waals surface area contributed by atoms with Crippen LogP contribution in [0.5, 0.6) is 0 Å². The van der Waals surface area contributed by atoms with Crippen molar-refractivity contribution in [2.24, 2.45) is 0 Å². The number of para-hydroxylation sites is 1. The van der Waals surface area contributed by atoms with Gasteiger partial charge in [-0.2, -0.15) is 0 Å². The highest BCUT2D eigenvalue weighted by atomic mass is 127. The molecule has 4 nitrogen and oxygen atoms in total. The van der Waals surface area contributed by atoms with Crippen LogP contribution in [0.25, 0.3) is 10.2 Å². The van der Waals surface area contributed by atoms with Crippen LogP contribution in [0.3, 0.4) is 0 Å². The quantitative estimate of drug-likeness (QED) is 0.486. The van der Waals surface area contributed by atoms with Crippen molar-refractivity contribution in [1.82, 2.24) is 10.3 Å². The third-order valence-corrected chi connectivity index (χ3v) is 5.03. The summed E-state index contributed by atoms with van der Waals surface area (Å²) in [5.41, 5.74) is 1.71. The standard InChI is InChI=1S/C16H14IN3OS/c17-12-6-2-1-5-11(12)15(21)18-9-10-19-16-20-13-7-3-4-8-14(13)22-16/h1-8H,9-10H2,(H,18,21)(H,19,20). The molecule has 0 saturated heterocycles. The summed E-state index contributed by atoms with van der Waals surface area (Å²) in [5, 5.41) is 7.04. The lowest BCUT2D eigenvalue weighted by molar-refractivity contribution is 0.0954. The van der Waals surface area contributed by atoms with Gasteiger partial charge < -0.3 is 10.6 Å². The Kier molecular flexibility index (Phi) is 4.89. The van der Waals surface area contributed by atoms with Crippen LogP contribution in [-0.2, 0) is 0 Å². The fourth-order valence-corrected chi connectivity index (χ4v) is 3.56. The average molecular weight is 423 g/mol. The normalized spacial score (nSPS) is 10.6. The molecule has 2 aromatic carbocycles. The van der Waals surface area contributed by atoms with Gasteiger partial charge in [-0.25, -0.2) is 4.98 Å². The van der Waals surface area contributed by atoms with Crippen molar-refractivity contribution in [3.8, 4) is 0 Å². The smallest absolute Gasteiger partial charge is 0.252 e. The molecule has 1 heterocycles. The van der Waals surface area contributed by atoms with Crippen molar-refractivity contribution < 1.29 is 4.79 Å². The molecule has 0 radical (unpaired) electrons. The summed E-state index contributed by atoms with van der Waals surface area (Å²) in [5.74, 6) is -0.0453. The molecule has 0 spiro atoms. The van der Waals surface area contributed by atoms with Gasteiger partial charge in [-0.05, 0) is 46.9 Å². The first-order valence-electron chi connectivity index (χ1n) is 6.86. The fourth-order valence-electron chi connectivity index (χ4n) is 2.03. The highest BCUT2D eigenvalue weighted by Crippen LogP contribution is 2.24. The Morgan fingerprint density at radius 2 is 1.86 bits per heavy atom. The van der Waals surface area contributed by atoms with Gasteiger partial charge in [0, 0.05) is 16.7 Å². The van der Waals surface area contributed by atoms with E-state index < -0.39 is 0 Å². The number of benzene rings is 2. The molecule has 1 aromatic heterocycles. The first-order valence-corrected chi connectivity index (χ1v) is 8.76. The molecule has 0 atom stereocenters. The Morgan fingerprint density at radius 1 is 1.09 bits per heavy atom. The topological polar surface area (TPSA) is 54.0 Å². The Bertz CT molecular complexity index is 770. The number of aromatic nitrogens is 1. The van der Waals surface area contributed by atoms with Gasteiger partial charge in [-0.15, -0.1) is 0 Å². The molecule has 0 unspecified atom stereocenters. The summed E-state index contributed by atoms with van der Waals surface area (Å²) < 4.78 is 2.12. The SMILES string of the molecule is O=C(NCCNc1nc2ccccc2s1)c1ccccc1I. The van der Waals surface area contributed by atoms with E-state index in [2.05, 4.69) is 44.3 Å². The molecule has 22 heavy (non-hydrogen) atoms. The number of nitrogens with zero attached hydrogens (tertiary/aromatic N) is 1. The lowest BCUT2D eigenvalue weighted by Gasteiger charge is -2.07. The van der Waals surface area contributed by atoms with E-state index in [0.717, 1.165) is 18.9 Å². The molecule has 0 aliphatic heterocycles. The zero-order valence-corrected chi connectivity index (χ0v) is 14.6. The minimum absolute atomic E-state index is 0.0453. The van der Waals surface area contributed by atoms with Crippen LogP contribution in [0.15, 0.2) is 48.5 Å². The van der Waals surface area contributed by atoms with Gasteiger partial charge in [0.25, 0.3) is 5.91 Å². The van der Waals surface area contributed by atoms with E-state index >= 15 is 0 Å². The predicted octanol–water partition coefficient (Wildman–Crippen LogP) is 3.74.